The number of thioether (sulfide) groups is 1. The predicted octanol–water partition coefficient (Wildman–Crippen LogP) is 4.66. The molecule has 0 saturated carbocycles. The van der Waals surface area contributed by atoms with Gasteiger partial charge in [-0.05, 0) is 40.2 Å². The summed E-state index contributed by atoms with van der Waals surface area (Å²) in [5, 5.41) is 3.41. The zero-order valence-corrected chi connectivity index (χ0v) is 13.1. The molecule has 0 radical (unpaired) electrons. The second-order valence-corrected chi connectivity index (χ2v) is 5.96. The molecule has 0 atom stereocenters. The number of hydrogen-bond acceptors (Lipinski definition) is 3. The molecule has 0 amide bonds. The van der Waals surface area contributed by atoms with Gasteiger partial charge < -0.3 is 10.1 Å². The summed E-state index contributed by atoms with van der Waals surface area (Å²) in [7, 11) is 1.68. The number of halogens is 1. The average Bonchev–Trinajstić information content (AvgIpc) is 2.46. The first-order valence-corrected chi connectivity index (χ1v) is 7.83. The van der Waals surface area contributed by atoms with Crippen LogP contribution in [0.5, 0.6) is 5.75 Å². The summed E-state index contributed by atoms with van der Waals surface area (Å²) in [6.07, 6.45) is 0. The van der Waals surface area contributed by atoms with Crippen LogP contribution in [-0.4, -0.2) is 19.4 Å². The van der Waals surface area contributed by atoms with Crippen LogP contribution >= 0.6 is 27.7 Å². The van der Waals surface area contributed by atoms with Gasteiger partial charge in [-0.1, -0.05) is 18.2 Å². The van der Waals surface area contributed by atoms with Crippen molar-refractivity contribution in [1.29, 1.82) is 0 Å². The lowest BCUT2D eigenvalue weighted by atomic mass is 10.3. The third kappa shape index (κ3) is 4.48. The van der Waals surface area contributed by atoms with Crippen molar-refractivity contribution in [3.63, 3.8) is 0 Å². The Hall–Kier alpha value is -1.13. The molecule has 0 aliphatic heterocycles. The fourth-order valence-electron chi connectivity index (χ4n) is 1.64. The summed E-state index contributed by atoms with van der Waals surface area (Å²) in [5.74, 6) is 1.88. The number of benzene rings is 2. The van der Waals surface area contributed by atoms with Crippen molar-refractivity contribution in [3.8, 4) is 5.75 Å². The zero-order valence-electron chi connectivity index (χ0n) is 10.7. The largest absolute Gasteiger partial charge is 0.497 e. The van der Waals surface area contributed by atoms with Crippen LogP contribution in [0.3, 0.4) is 0 Å². The highest BCUT2D eigenvalue weighted by Gasteiger charge is 2.01. The van der Waals surface area contributed by atoms with E-state index in [1.54, 1.807) is 7.11 Å². The first-order chi connectivity index (χ1) is 9.29. The maximum absolute atomic E-state index is 5.22. The van der Waals surface area contributed by atoms with E-state index in [0.717, 1.165) is 28.2 Å². The zero-order chi connectivity index (χ0) is 13.5. The molecule has 0 aliphatic rings. The summed E-state index contributed by atoms with van der Waals surface area (Å²) in [6, 6.07) is 16.4. The van der Waals surface area contributed by atoms with Gasteiger partial charge in [-0.3, -0.25) is 0 Å². The Balaban J connectivity index is 1.82. The monoisotopic (exact) mass is 337 g/mol. The first kappa shape index (κ1) is 14.3. The lowest BCUT2D eigenvalue weighted by molar-refractivity contribution is 0.415. The number of hydrogen-bond donors (Lipinski definition) is 1. The van der Waals surface area contributed by atoms with Crippen LogP contribution in [0.15, 0.2) is 57.9 Å². The molecule has 0 aliphatic carbocycles. The average molecular weight is 338 g/mol. The molecule has 2 aromatic carbocycles. The number of nitrogens with one attached hydrogen (secondary N) is 1. The quantitative estimate of drug-likeness (QED) is 0.611. The lowest BCUT2D eigenvalue weighted by Gasteiger charge is -2.10. The Labute approximate surface area is 126 Å². The van der Waals surface area contributed by atoms with E-state index in [4.69, 9.17) is 4.74 Å². The van der Waals surface area contributed by atoms with Crippen molar-refractivity contribution < 1.29 is 4.74 Å². The van der Waals surface area contributed by atoms with Gasteiger partial charge in [0.25, 0.3) is 0 Å². The molecule has 4 heteroatoms. The minimum atomic E-state index is 0.862. The second-order valence-electron chi connectivity index (χ2n) is 3.93. The van der Waals surface area contributed by atoms with Gasteiger partial charge in [-0.2, -0.15) is 0 Å². The molecule has 100 valence electrons. The van der Waals surface area contributed by atoms with Gasteiger partial charge in [-0.15, -0.1) is 11.8 Å². The highest BCUT2D eigenvalue weighted by atomic mass is 79.9. The first-order valence-electron chi connectivity index (χ1n) is 6.05. The summed E-state index contributed by atoms with van der Waals surface area (Å²) in [4.78, 5) is 1.30. The van der Waals surface area contributed by atoms with Crippen molar-refractivity contribution in [2.45, 2.75) is 4.90 Å². The van der Waals surface area contributed by atoms with Crippen molar-refractivity contribution in [3.05, 3.63) is 53.0 Å². The van der Waals surface area contributed by atoms with Gasteiger partial charge in [0.1, 0.15) is 5.75 Å². The molecule has 0 aromatic heterocycles. The number of anilines is 1. The molecule has 0 heterocycles. The van der Waals surface area contributed by atoms with Crippen LogP contribution in [0.1, 0.15) is 0 Å². The van der Waals surface area contributed by atoms with Crippen LogP contribution in [0.2, 0.25) is 0 Å². The van der Waals surface area contributed by atoms with Crippen molar-refractivity contribution in [2.75, 3.05) is 24.7 Å². The van der Waals surface area contributed by atoms with E-state index in [-0.39, 0.29) is 0 Å². The Bertz CT molecular complexity index is 519. The number of methoxy groups -OCH3 is 1. The molecule has 0 bridgehead atoms. The Morgan fingerprint density at radius 3 is 2.68 bits per heavy atom. The topological polar surface area (TPSA) is 21.3 Å². The van der Waals surface area contributed by atoms with E-state index in [2.05, 4.69) is 45.5 Å². The molecule has 1 N–H and O–H groups in total. The standard InChI is InChI=1S/C15H16BrNOS/c1-18-12-7-8-14(16)15(11-12)17-9-10-19-13-5-3-2-4-6-13/h2-8,11,17H,9-10H2,1H3. The Morgan fingerprint density at radius 2 is 1.95 bits per heavy atom. The molecule has 19 heavy (non-hydrogen) atoms. The molecule has 2 rings (SSSR count). The minimum absolute atomic E-state index is 0.862. The summed E-state index contributed by atoms with van der Waals surface area (Å²) >= 11 is 5.38. The third-order valence-corrected chi connectivity index (χ3v) is 4.31. The van der Waals surface area contributed by atoms with Crippen LogP contribution < -0.4 is 10.1 Å². The molecule has 2 aromatic rings. The van der Waals surface area contributed by atoms with Crippen molar-refractivity contribution in [1.82, 2.24) is 0 Å². The minimum Gasteiger partial charge on any atom is -0.497 e. The normalized spacial score (nSPS) is 10.2. The summed E-state index contributed by atoms with van der Waals surface area (Å²) in [5.41, 5.74) is 1.06. The molecule has 0 saturated heterocycles. The van der Waals surface area contributed by atoms with Gasteiger partial charge >= 0.3 is 0 Å². The van der Waals surface area contributed by atoms with E-state index >= 15 is 0 Å². The molecular formula is C15H16BrNOS. The predicted molar refractivity (Wildman–Crippen MR) is 86.3 cm³/mol. The Kier molecular flexibility index (Phi) is 5.61. The molecule has 0 unspecified atom stereocenters. The van der Waals surface area contributed by atoms with Gasteiger partial charge in [0.05, 0.1) is 12.8 Å². The second kappa shape index (κ2) is 7.46. The van der Waals surface area contributed by atoms with E-state index < -0.39 is 0 Å². The summed E-state index contributed by atoms with van der Waals surface area (Å²) < 4.78 is 6.27. The number of ether oxygens (including phenoxy) is 1. The van der Waals surface area contributed by atoms with Crippen LogP contribution in [0.4, 0.5) is 5.69 Å². The maximum Gasteiger partial charge on any atom is 0.121 e. The van der Waals surface area contributed by atoms with Crippen LogP contribution in [0, 0.1) is 0 Å². The van der Waals surface area contributed by atoms with Crippen molar-refractivity contribution >= 4 is 33.4 Å². The molecule has 0 spiro atoms. The van der Waals surface area contributed by atoms with E-state index in [0.29, 0.717) is 0 Å². The lowest BCUT2D eigenvalue weighted by Crippen LogP contribution is -2.04. The van der Waals surface area contributed by atoms with E-state index in [9.17, 15) is 0 Å². The third-order valence-electron chi connectivity index (χ3n) is 2.60. The fraction of sp³-hybridized carbons (Fsp3) is 0.200. The van der Waals surface area contributed by atoms with E-state index in [1.807, 2.05) is 36.0 Å². The van der Waals surface area contributed by atoms with Crippen LogP contribution in [-0.2, 0) is 0 Å². The number of rotatable bonds is 6. The summed E-state index contributed by atoms with van der Waals surface area (Å²) in [6.45, 7) is 0.908. The molecule has 0 fully saturated rings. The van der Waals surface area contributed by atoms with Gasteiger partial charge in [0, 0.05) is 27.7 Å². The van der Waals surface area contributed by atoms with E-state index in [1.165, 1.54) is 4.90 Å². The SMILES string of the molecule is COc1ccc(Br)c(NCCSc2ccccc2)c1. The highest BCUT2D eigenvalue weighted by molar-refractivity contribution is 9.10. The van der Waals surface area contributed by atoms with Gasteiger partial charge in [-0.25, -0.2) is 0 Å². The van der Waals surface area contributed by atoms with Gasteiger partial charge in [0.2, 0.25) is 0 Å². The maximum atomic E-state index is 5.22. The van der Waals surface area contributed by atoms with Gasteiger partial charge in [0.15, 0.2) is 0 Å². The smallest absolute Gasteiger partial charge is 0.121 e. The van der Waals surface area contributed by atoms with Crippen molar-refractivity contribution in [2.24, 2.45) is 0 Å². The molecular weight excluding hydrogens is 322 g/mol. The Morgan fingerprint density at radius 1 is 1.16 bits per heavy atom. The highest BCUT2D eigenvalue weighted by Crippen LogP contribution is 2.27. The molecule has 2 nitrogen and oxygen atoms in total. The fourth-order valence-corrected chi connectivity index (χ4v) is 2.81. The van der Waals surface area contributed by atoms with Crippen LogP contribution in [0.25, 0.3) is 0 Å².